The molecule has 20 heavy (non-hydrogen) atoms. The Hall–Kier alpha value is -1.92. The second-order valence-electron chi connectivity index (χ2n) is 5.04. The summed E-state index contributed by atoms with van der Waals surface area (Å²) in [5.74, 6) is -0.337. The third-order valence-electron chi connectivity index (χ3n) is 3.40. The zero-order valence-electron chi connectivity index (χ0n) is 12.0. The first-order valence-electron chi connectivity index (χ1n) is 7.11. The summed E-state index contributed by atoms with van der Waals surface area (Å²) < 4.78 is 1.76. The van der Waals surface area contributed by atoms with E-state index in [2.05, 4.69) is 15.4 Å². The molecule has 2 rings (SSSR count). The average molecular weight is 279 g/mol. The van der Waals surface area contributed by atoms with Crippen LogP contribution in [0.25, 0.3) is 0 Å². The van der Waals surface area contributed by atoms with Crippen LogP contribution in [0.5, 0.6) is 0 Å². The van der Waals surface area contributed by atoms with E-state index in [1.165, 1.54) is 6.33 Å². The van der Waals surface area contributed by atoms with Gasteiger partial charge in [0, 0.05) is 19.6 Å². The Morgan fingerprint density at radius 3 is 2.75 bits per heavy atom. The van der Waals surface area contributed by atoms with Gasteiger partial charge in [-0.1, -0.05) is 6.92 Å². The highest BCUT2D eigenvalue weighted by molar-refractivity contribution is 6.35. The molecule has 7 nitrogen and oxygen atoms in total. The van der Waals surface area contributed by atoms with E-state index >= 15 is 0 Å². The molecule has 1 aromatic heterocycles. The minimum atomic E-state index is -0.564. The number of likely N-dealkylation sites (tertiary alicyclic amines) is 1. The highest BCUT2D eigenvalue weighted by Crippen LogP contribution is 2.11. The molecule has 2 amide bonds. The number of aromatic nitrogens is 3. The molecular formula is C13H21N5O2. The summed E-state index contributed by atoms with van der Waals surface area (Å²) >= 11 is 0. The number of hydrogen-bond acceptors (Lipinski definition) is 4. The van der Waals surface area contributed by atoms with Crippen LogP contribution in [0, 0.1) is 0 Å². The molecule has 0 aromatic carbocycles. The van der Waals surface area contributed by atoms with Crippen molar-refractivity contribution in [1.82, 2.24) is 25.0 Å². The highest BCUT2D eigenvalue weighted by Gasteiger charge is 2.26. The molecule has 1 aliphatic heterocycles. The summed E-state index contributed by atoms with van der Waals surface area (Å²) in [6, 6.07) is -0.330. The van der Waals surface area contributed by atoms with Crippen molar-refractivity contribution in [3.8, 4) is 0 Å². The van der Waals surface area contributed by atoms with Crippen LogP contribution in [0.2, 0.25) is 0 Å². The van der Waals surface area contributed by atoms with Gasteiger partial charge in [-0.25, -0.2) is 9.67 Å². The zero-order chi connectivity index (χ0) is 14.5. The molecule has 1 saturated heterocycles. The number of carbonyl (C=O) groups excluding carboxylic acids is 2. The quantitative estimate of drug-likeness (QED) is 0.813. The van der Waals surface area contributed by atoms with Crippen LogP contribution < -0.4 is 5.32 Å². The van der Waals surface area contributed by atoms with Gasteiger partial charge in [0.15, 0.2) is 0 Å². The van der Waals surface area contributed by atoms with E-state index in [-0.39, 0.29) is 6.04 Å². The molecule has 1 fully saturated rings. The second kappa shape index (κ2) is 6.49. The molecular weight excluding hydrogens is 258 g/mol. The van der Waals surface area contributed by atoms with Crippen molar-refractivity contribution in [3.05, 3.63) is 12.2 Å². The number of hydrogen-bond donors (Lipinski definition) is 1. The van der Waals surface area contributed by atoms with Crippen LogP contribution >= 0.6 is 0 Å². The maximum absolute atomic E-state index is 11.9. The first-order chi connectivity index (χ1) is 9.63. The van der Waals surface area contributed by atoms with Crippen molar-refractivity contribution in [2.75, 3.05) is 13.1 Å². The van der Waals surface area contributed by atoms with E-state index in [0.29, 0.717) is 18.9 Å². The van der Waals surface area contributed by atoms with Crippen LogP contribution in [-0.2, 0) is 16.1 Å². The van der Waals surface area contributed by atoms with Crippen molar-refractivity contribution in [3.63, 3.8) is 0 Å². The van der Waals surface area contributed by atoms with Gasteiger partial charge in [0.1, 0.15) is 12.2 Å². The normalized spacial score (nSPS) is 16.2. The predicted octanol–water partition coefficient (Wildman–Crippen LogP) is 0.488. The number of nitrogens with one attached hydrogen (secondary N) is 1. The van der Waals surface area contributed by atoms with E-state index in [1.54, 1.807) is 9.58 Å². The fraction of sp³-hybridized carbons (Fsp3) is 0.692. The van der Waals surface area contributed by atoms with Gasteiger partial charge in [0.05, 0.1) is 6.04 Å². The van der Waals surface area contributed by atoms with Gasteiger partial charge in [-0.2, -0.15) is 5.10 Å². The number of nitrogens with zero attached hydrogens (tertiary/aromatic N) is 4. The monoisotopic (exact) mass is 279 g/mol. The third-order valence-corrected chi connectivity index (χ3v) is 3.40. The van der Waals surface area contributed by atoms with Crippen LogP contribution in [-0.4, -0.2) is 44.6 Å². The number of carbonyl (C=O) groups is 2. The number of amides is 2. The summed E-state index contributed by atoms with van der Waals surface area (Å²) in [5, 5.41) is 6.82. The summed E-state index contributed by atoms with van der Waals surface area (Å²) in [7, 11) is 0. The Bertz CT molecular complexity index is 479. The largest absolute Gasteiger partial charge is 0.338 e. The average Bonchev–Trinajstić information content (AvgIpc) is 3.09. The van der Waals surface area contributed by atoms with Gasteiger partial charge in [-0.15, -0.1) is 0 Å². The van der Waals surface area contributed by atoms with Gasteiger partial charge in [-0.05, 0) is 26.2 Å². The van der Waals surface area contributed by atoms with Crippen molar-refractivity contribution in [2.45, 2.75) is 45.7 Å². The molecule has 0 radical (unpaired) electrons. The molecule has 0 aliphatic carbocycles. The minimum Gasteiger partial charge on any atom is -0.338 e. The van der Waals surface area contributed by atoms with Gasteiger partial charge < -0.3 is 10.2 Å². The highest BCUT2D eigenvalue weighted by atomic mass is 16.2. The van der Waals surface area contributed by atoms with Crippen LogP contribution in [0.3, 0.4) is 0 Å². The molecule has 0 spiro atoms. The molecule has 0 unspecified atom stereocenters. The number of aryl methyl sites for hydroxylation is 1. The fourth-order valence-electron chi connectivity index (χ4n) is 2.38. The van der Waals surface area contributed by atoms with Crippen molar-refractivity contribution in [1.29, 1.82) is 0 Å². The molecule has 1 atom stereocenters. The van der Waals surface area contributed by atoms with E-state index in [4.69, 9.17) is 0 Å². The van der Waals surface area contributed by atoms with Crippen LogP contribution in [0.1, 0.15) is 45.0 Å². The SMILES string of the molecule is CCCn1ncnc1[C@@H](C)NC(=O)C(=O)N1CCCC1. The summed E-state index contributed by atoms with van der Waals surface area (Å²) in [5.41, 5.74) is 0. The molecule has 0 saturated carbocycles. The molecule has 1 aliphatic rings. The molecule has 1 aromatic rings. The summed E-state index contributed by atoms with van der Waals surface area (Å²) in [6.45, 7) is 5.95. The van der Waals surface area contributed by atoms with E-state index in [0.717, 1.165) is 25.8 Å². The van der Waals surface area contributed by atoms with E-state index in [9.17, 15) is 9.59 Å². The van der Waals surface area contributed by atoms with Crippen molar-refractivity contribution < 1.29 is 9.59 Å². The topological polar surface area (TPSA) is 80.1 Å². The van der Waals surface area contributed by atoms with Crippen LogP contribution in [0.4, 0.5) is 0 Å². The smallest absolute Gasteiger partial charge is 0.311 e. The standard InChI is InChI=1S/C13H21N5O2/c1-3-6-18-11(14-9-15-18)10(2)16-12(19)13(20)17-7-4-5-8-17/h9-10H,3-8H2,1-2H3,(H,16,19)/t10-/m1/s1. The Labute approximate surface area is 118 Å². The van der Waals surface area contributed by atoms with Gasteiger partial charge in [-0.3, -0.25) is 9.59 Å². The predicted molar refractivity (Wildman–Crippen MR) is 72.7 cm³/mol. The van der Waals surface area contributed by atoms with Gasteiger partial charge in [0.2, 0.25) is 0 Å². The molecule has 1 N–H and O–H groups in total. The Balaban J connectivity index is 1.96. The van der Waals surface area contributed by atoms with E-state index in [1.807, 2.05) is 13.8 Å². The fourth-order valence-corrected chi connectivity index (χ4v) is 2.38. The first kappa shape index (κ1) is 14.5. The lowest BCUT2D eigenvalue weighted by molar-refractivity contribution is -0.145. The third kappa shape index (κ3) is 3.15. The second-order valence-corrected chi connectivity index (χ2v) is 5.04. The number of rotatable bonds is 4. The van der Waals surface area contributed by atoms with Crippen LogP contribution in [0.15, 0.2) is 6.33 Å². The first-order valence-corrected chi connectivity index (χ1v) is 7.11. The Kier molecular flexibility index (Phi) is 4.70. The lowest BCUT2D eigenvalue weighted by Gasteiger charge is -2.17. The van der Waals surface area contributed by atoms with Gasteiger partial charge >= 0.3 is 11.8 Å². The van der Waals surface area contributed by atoms with Crippen molar-refractivity contribution in [2.24, 2.45) is 0 Å². The Morgan fingerprint density at radius 2 is 2.10 bits per heavy atom. The van der Waals surface area contributed by atoms with Crippen molar-refractivity contribution >= 4 is 11.8 Å². The maximum Gasteiger partial charge on any atom is 0.311 e. The Morgan fingerprint density at radius 1 is 1.40 bits per heavy atom. The van der Waals surface area contributed by atoms with E-state index < -0.39 is 11.8 Å². The molecule has 7 heteroatoms. The lowest BCUT2D eigenvalue weighted by atomic mass is 10.3. The summed E-state index contributed by atoms with van der Waals surface area (Å²) in [4.78, 5) is 29.6. The van der Waals surface area contributed by atoms with Gasteiger partial charge in [0.25, 0.3) is 0 Å². The minimum absolute atomic E-state index is 0.330. The zero-order valence-corrected chi connectivity index (χ0v) is 12.0. The molecule has 0 bridgehead atoms. The maximum atomic E-state index is 11.9. The molecule has 110 valence electrons. The lowest BCUT2D eigenvalue weighted by Crippen LogP contribution is -2.42. The molecule has 2 heterocycles. The summed E-state index contributed by atoms with van der Waals surface area (Å²) in [6.07, 6.45) is 4.35.